The lowest BCUT2D eigenvalue weighted by atomic mass is 10.1. The van der Waals surface area contributed by atoms with E-state index in [9.17, 15) is 0 Å². The zero-order valence-electron chi connectivity index (χ0n) is 9.25. The van der Waals surface area contributed by atoms with Crippen LogP contribution in [-0.2, 0) is 9.47 Å². The predicted octanol–water partition coefficient (Wildman–Crippen LogP) is 0.220. The molecule has 0 radical (unpaired) electrons. The van der Waals surface area contributed by atoms with Crippen molar-refractivity contribution in [3.05, 3.63) is 12.3 Å². The van der Waals surface area contributed by atoms with E-state index in [1.165, 1.54) is 6.08 Å². The molecule has 1 heterocycles. The molecule has 1 saturated heterocycles. The number of ether oxygens (including phenoxy) is 2. The van der Waals surface area contributed by atoms with Gasteiger partial charge in [0.1, 0.15) is 11.9 Å². The van der Waals surface area contributed by atoms with Crippen LogP contribution < -0.4 is 11.1 Å². The third-order valence-corrected chi connectivity index (χ3v) is 1.97. The fraction of sp³-hybridized carbons (Fsp3) is 0.700. The average molecular weight is 213 g/mol. The van der Waals surface area contributed by atoms with Gasteiger partial charge in [0.15, 0.2) is 0 Å². The maximum atomic E-state index is 6.98. The molecule has 0 spiro atoms. The summed E-state index contributed by atoms with van der Waals surface area (Å²) >= 11 is 0. The van der Waals surface area contributed by atoms with E-state index in [4.69, 9.17) is 20.6 Å². The quantitative estimate of drug-likeness (QED) is 0.321. The van der Waals surface area contributed by atoms with Crippen LogP contribution in [0, 0.1) is 5.41 Å². The van der Waals surface area contributed by atoms with Crippen LogP contribution in [0.2, 0.25) is 0 Å². The normalized spacial score (nSPS) is 20.5. The minimum absolute atomic E-state index is 0.0348. The zero-order chi connectivity index (χ0) is 11.3. The molecule has 0 aromatic heterocycles. The molecule has 0 aromatic carbocycles. The van der Waals surface area contributed by atoms with Gasteiger partial charge in [0.25, 0.3) is 0 Å². The molecule has 1 aliphatic heterocycles. The maximum Gasteiger partial charge on any atom is 0.116 e. The molecule has 1 aliphatic rings. The maximum absolute atomic E-state index is 6.98. The molecule has 0 amide bonds. The summed E-state index contributed by atoms with van der Waals surface area (Å²) in [6, 6.07) is 0. The number of hydrogen-bond acceptors (Lipinski definition) is 4. The Hall–Kier alpha value is -1.07. The number of hydrogen-bond donors (Lipinski definition) is 3. The first-order valence-electron chi connectivity index (χ1n) is 4.99. The Morgan fingerprint density at radius 3 is 2.93 bits per heavy atom. The van der Waals surface area contributed by atoms with Crippen LogP contribution in [0.3, 0.4) is 0 Å². The van der Waals surface area contributed by atoms with Crippen LogP contribution in [0.5, 0.6) is 0 Å². The van der Waals surface area contributed by atoms with Crippen molar-refractivity contribution >= 4 is 5.84 Å². The summed E-state index contributed by atoms with van der Waals surface area (Å²) in [6.45, 7) is 6.14. The van der Waals surface area contributed by atoms with Crippen molar-refractivity contribution < 1.29 is 9.47 Å². The van der Waals surface area contributed by atoms with Gasteiger partial charge >= 0.3 is 0 Å². The van der Waals surface area contributed by atoms with Crippen molar-refractivity contribution in [2.45, 2.75) is 25.6 Å². The van der Waals surface area contributed by atoms with Crippen molar-refractivity contribution in [2.24, 2.45) is 5.73 Å². The Bertz CT molecular complexity index is 247. The lowest BCUT2D eigenvalue weighted by Crippen LogP contribution is -2.36. The van der Waals surface area contributed by atoms with Crippen LogP contribution in [0.25, 0.3) is 0 Å². The molecule has 86 valence electrons. The molecule has 5 nitrogen and oxygen atoms in total. The standard InChI is InChI=1S/C10H19N3O2/c1-10(2,15-6-8-5-14-8)7-13-4-3-9(11)12/h3-4,8,13H,5-7H2,1-2H3,(H3,11,12)/b4-3-/t8-/m1/s1. The van der Waals surface area contributed by atoms with Gasteiger partial charge in [0.2, 0.25) is 0 Å². The Morgan fingerprint density at radius 2 is 2.40 bits per heavy atom. The molecule has 0 aliphatic carbocycles. The van der Waals surface area contributed by atoms with E-state index in [0.29, 0.717) is 13.2 Å². The molecule has 1 rings (SSSR count). The van der Waals surface area contributed by atoms with Gasteiger partial charge in [-0.2, -0.15) is 0 Å². The van der Waals surface area contributed by atoms with Crippen LogP contribution in [-0.4, -0.2) is 37.3 Å². The minimum Gasteiger partial charge on any atom is -0.388 e. The predicted molar refractivity (Wildman–Crippen MR) is 58.8 cm³/mol. The fourth-order valence-electron chi connectivity index (χ4n) is 0.987. The zero-order valence-corrected chi connectivity index (χ0v) is 9.25. The van der Waals surface area contributed by atoms with Gasteiger partial charge < -0.3 is 20.5 Å². The molecule has 0 saturated carbocycles. The van der Waals surface area contributed by atoms with Gasteiger partial charge in [-0.15, -0.1) is 0 Å². The van der Waals surface area contributed by atoms with Crippen LogP contribution >= 0.6 is 0 Å². The van der Waals surface area contributed by atoms with E-state index in [-0.39, 0.29) is 17.5 Å². The first kappa shape index (κ1) is 12.0. The minimum atomic E-state index is -0.243. The average Bonchev–Trinajstić information content (AvgIpc) is 2.93. The second-order valence-corrected chi connectivity index (χ2v) is 4.20. The summed E-state index contributed by atoms with van der Waals surface area (Å²) < 4.78 is 10.7. The highest BCUT2D eigenvalue weighted by molar-refractivity contribution is 5.88. The number of nitrogens with one attached hydrogen (secondary N) is 2. The molecule has 1 atom stereocenters. The van der Waals surface area contributed by atoms with Crippen LogP contribution in [0.4, 0.5) is 0 Å². The number of nitrogens with two attached hydrogens (primary N) is 1. The van der Waals surface area contributed by atoms with Crippen molar-refractivity contribution in [2.75, 3.05) is 19.8 Å². The molecular formula is C10H19N3O2. The van der Waals surface area contributed by atoms with Crippen LogP contribution in [0.15, 0.2) is 12.3 Å². The van der Waals surface area contributed by atoms with E-state index in [1.807, 2.05) is 13.8 Å². The molecule has 0 unspecified atom stereocenters. The summed E-state index contributed by atoms with van der Waals surface area (Å²) in [5.41, 5.74) is 4.91. The van der Waals surface area contributed by atoms with Gasteiger partial charge in [-0.3, -0.25) is 5.41 Å². The number of epoxide rings is 1. The van der Waals surface area contributed by atoms with Crippen molar-refractivity contribution in [3.63, 3.8) is 0 Å². The van der Waals surface area contributed by atoms with Gasteiger partial charge in [-0.25, -0.2) is 0 Å². The van der Waals surface area contributed by atoms with Gasteiger partial charge in [0.05, 0.1) is 18.8 Å². The first-order chi connectivity index (χ1) is 6.99. The molecule has 5 heteroatoms. The third-order valence-electron chi connectivity index (χ3n) is 1.97. The Kier molecular flexibility index (Phi) is 4.11. The van der Waals surface area contributed by atoms with Crippen molar-refractivity contribution in [1.82, 2.24) is 5.32 Å². The highest BCUT2D eigenvalue weighted by Crippen LogP contribution is 2.14. The van der Waals surface area contributed by atoms with E-state index in [1.54, 1.807) is 6.20 Å². The van der Waals surface area contributed by atoms with E-state index in [0.717, 1.165) is 6.61 Å². The van der Waals surface area contributed by atoms with E-state index >= 15 is 0 Å². The Morgan fingerprint density at radius 1 is 1.73 bits per heavy atom. The SMILES string of the molecule is CC(C)(CN/C=C\C(=N)N)OC[C@H]1CO1. The van der Waals surface area contributed by atoms with E-state index < -0.39 is 0 Å². The van der Waals surface area contributed by atoms with Crippen molar-refractivity contribution in [1.29, 1.82) is 5.41 Å². The third kappa shape index (κ3) is 6.09. The molecule has 0 aromatic rings. The lowest BCUT2D eigenvalue weighted by Gasteiger charge is -2.24. The van der Waals surface area contributed by atoms with Gasteiger partial charge in [-0.05, 0) is 19.9 Å². The second kappa shape index (κ2) is 5.14. The van der Waals surface area contributed by atoms with Gasteiger partial charge in [0, 0.05) is 12.7 Å². The molecule has 4 N–H and O–H groups in total. The summed E-state index contributed by atoms with van der Waals surface area (Å²) in [5, 5.41) is 10.0. The first-order valence-corrected chi connectivity index (χ1v) is 4.99. The molecule has 15 heavy (non-hydrogen) atoms. The van der Waals surface area contributed by atoms with Crippen molar-refractivity contribution in [3.8, 4) is 0 Å². The molecule has 1 fully saturated rings. The highest BCUT2D eigenvalue weighted by Gasteiger charge is 2.26. The number of rotatable bonds is 7. The smallest absolute Gasteiger partial charge is 0.116 e. The molecule has 0 bridgehead atoms. The summed E-state index contributed by atoms with van der Waals surface area (Å²) in [7, 11) is 0. The lowest BCUT2D eigenvalue weighted by molar-refractivity contribution is -0.0211. The largest absolute Gasteiger partial charge is 0.388 e. The number of amidine groups is 1. The molecular weight excluding hydrogens is 194 g/mol. The summed E-state index contributed by atoms with van der Waals surface area (Å²) in [4.78, 5) is 0. The topological polar surface area (TPSA) is 83.7 Å². The fourth-order valence-corrected chi connectivity index (χ4v) is 0.987. The summed E-state index contributed by atoms with van der Waals surface area (Å²) in [6.07, 6.45) is 3.44. The van der Waals surface area contributed by atoms with E-state index in [2.05, 4.69) is 5.32 Å². The monoisotopic (exact) mass is 213 g/mol. The van der Waals surface area contributed by atoms with Gasteiger partial charge in [-0.1, -0.05) is 0 Å². The summed E-state index contributed by atoms with van der Waals surface area (Å²) in [5.74, 6) is 0.0348. The Labute approximate surface area is 90.1 Å². The van der Waals surface area contributed by atoms with Crippen LogP contribution in [0.1, 0.15) is 13.8 Å². The highest BCUT2D eigenvalue weighted by atomic mass is 16.6. The Balaban J connectivity index is 2.13. The second-order valence-electron chi connectivity index (χ2n) is 4.20.